The lowest BCUT2D eigenvalue weighted by molar-refractivity contribution is -0.120. The number of fused-ring (bicyclic) bond motifs is 1. The Morgan fingerprint density at radius 3 is 2.90 bits per heavy atom. The first-order valence-corrected chi connectivity index (χ1v) is 7.44. The predicted molar refractivity (Wildman–Crippen MR) is 79.6 cm³/mol. The predicted octanol–water partition coefficient (Wildman–Crippen LogP) is 2.29. The number of allylic oxidation sites excluding steroid dienone is 1. The molecule has 0 aromatic carbocycles. The normalized spacial score (nSPS) is 14.3. The van der Waals surface area contributed by atoms with Crippen LogP contribution in [-0.2, 0) is 24.1 Å². The lowest BCUT2D eigenvalue weighted by Crippen LogP contribution is -2.25. The lowest BCUT2D eigenvalue weighted by Gasteiger charge is -2.17. The van der Waals surface area contributed by atoms with Gasteiger partial charge in [-0.1, -0.05) is 12.2 Å². The molecule has 1 aliphatic rings. The minimum atomic E-state index is 0.0535. The van der Waals surface area contributed by atoms with Gasteiger partial charge in [0.2, 0.25) is 5.91 Å². The Balaban J connectivity index is 1.90. The highest BCUT2D eigenvalue weighted by Gasteiger charge is 2.15. The standard InChI is InChI=1S/C16H23N3O/c1-3-4-9-16(20)17-11-10-15-18-12(2)13-7-5-6-8-14(13)19-15/h3-4H,5-11H2,1-2H3,(H,17,20)/b4-3+. The minimum Gasteiger partial charge on any atom is -0.355 e. The molecule has 4 heteroatoms. The third-order valence-corrected chi connectivity index (χ3v) is 3.65. The molecule has 4 nitrogen and oxygen atoms in total. The number of rotatable bonds is 5. The number of aromatic nitrogens is 2. The number of nitrogens with one attached hydrogen (secondary N) is 1. The number of hydrogen-bond donors (Lipinski definition) is 1. The van der Waals surface area contributed by atoms with Gasteiger partial charge in [-0.3, -0.25) is 4.79 Å². The van der Waals surface area contributed by atoms with Gasteiger partial charge in [-0.05, 0) is 45.1 Å². The topological polar surface area (TPSA) is 54.9 Å². The Bertz CT molecular complexity index is 509. The molecule has 1 heterocycles. The molecule has 0 unspecified atom stereocenters. The van der Waals surface area contributed by atoms with E-state index in [-0.39, 0.29) is 5.91 Å². The molecule has 0 saturated heterocycles. The summed E-state index contributed by atoms with van der Waals surface area (Å²) in [7, 11) is 0. The largest absolute Gasteiger partial charge is 0.355 e. The molecule has 1 aromatic rings. The Labute approximate surface area is 120 Å². The van der Waals surface area contributed by atoms with Gasteiger partial charge in [-0.25, -0.2) is 9.97 Å². The summed E-state index contributed by atoms with van der Waals surface area (Å²) in [5.41, 5.74) is 3.68. The van der Waals surface area contributed by atoms with E-state index < -0.39 is 0 Å². The summed E-state index contributed by atoms with van der Waals surface area (Å²) >= 11 is 0. The van der Waals surface area contributed by atoms with E-state index in [1.165, 1.54) is 24.1 Å². The van der Waals surface area contributed by atoms with E-state index in [1.807, 2.05) is 19.1 Å². The highest BCUT2D eigenvalue weighted by Crippen LogP contribution is 2.21. The van der Waals surface area contributed by atoms with Crippen molar-refractivity contribution in [1.82, 2.24) is 15.3 Å². The van der Waals surface area contributed by atoms with Crippen LogP contribution in [0.1, 0.15) is 49.0 Å². The number of carbonyl (C=O) groups excluding carboxylic acids is 1. The molecule has 1 aromatic heterocycles. The van der Waals surface area contributed by atoms with Gasteiger partial charge in [-0.2, -0.15) is 0 Å². The van der Waals surface area contributed by atoms with Crippen molar-refractivity contribution in [3.05, 3.63) is 34.9 Å². The van der Waals surface area contributed by atoms with Crippen molar-refractivity contribution in [2.75, 3.05) is 6.54 Å². The average Bonchev–Trinajstić information content (AvgIpc) is 2.45. The fourth-order valence-corrected chi connectivity index (χ4v) is 2.57. The third kappa shape index (κ3) is 3.89. The van der Waals surface area contributed by atoms with Crippen molar-refractivity contribution >= 4 is 5.91 Å². The maximum atomic E-state index is 11.5. The summed E-state index contributed by atoms with van der Waals surface area (Å²) < 4.78 is 0. The van der Waals surface area contributed by atoms with Crippen molar-refractivity contribution in [2.45, 2.75) is 52.4 Å². The van der Waals surface area contributed by atoms with Crippen molar-refractivity contribution < 1.29 is 4.79 Å². The highest BCUT2D eigenvalue weighted by atomic mass is 16.1. The van der Waals surface area contributed by atoms with Crippen LogP contribution in [0.4, 0.5) is 0 Å². The first-order chi connectivity index (χ1) is 9.70. The molecule has 0 radical (unpaired) electrons. The lowest BCUT2D eigenvalue weighted by atomic mass is 9.95. The minimum absolute atomic E-state index is 0.0535. The number of aryl methyl sites for hydroxylation is 2. The molecule has 1 amide bonds. The van der Waals surface area contributed by atoms with Crippen LogP contribution in [0, 0.1) is 6.92 Å². The molecule has 2 rings (SSSR count). The molecular weight excluding hydrogens is 250 g/mol. The van der Waals surface area contributed by atoms with E-state index in [4.69, 9.17) is 0 Å². The molecule has 1 aliphatic carbocycles. The number of nitrogens with zero attached hydrogens (tertiary/aromatic N) is 2. The zero-order chi connectivity index (χ0) is 14.4. The molecule has 1 N–H and O–H groups in total. The van der Waals surface area contributed by atoms with Gasteiger partial charge < -0.3 is 5.32 Å². The van der Waals surface area contributed by atoms with E-state index in [2.05, 4.69) is 22.2 Å². The zero-order valence-corrected chi connectivity index (χ0v) is 12.4. The van der Waals surface area contributed by atoms with E-state index in [1.54, 1.807) is 0 Å². The highest BCUT2D eigenvalue weighted by molar-refractivity contribution is 5.77. The van der Waals surface area contributed by atoms with Crippen LogP contribution in [0.3, 0.4) is 0 Å². The van der Waals surface area contributed by atoms with Gasteiger partial charge >= 0.3 is 0 Å². The van der Waals surface area contributed by atoms with Gasteiger partial charge in [-0.15, -0.1) is 0 Å². The Morgan fingerprint density at radius 1 is 1.30 bits per heavy atom. The maximum absolute atomic E-state index is 11.5. The summed E-state index contributed by atoms with van der Waals surface area (Å²) in [4.78, 5) is 20.7. The third-order valence-electron chi connectivity index (χ3n) is 3.65. The van der Waals surface area contributed by atoms with Gasteiger partial charge in [0.1, 0.15) is 5.82 Å². The van der Waals surface area contributed by atoms with Gasteiger partial charge in [0.05, 0.1) is 0 Å². The van der Waals surface area contributed by atoms with Crippen molar-refractivity contribution in [2.24, 2.45) is 0 Å². The second-order valence-corrected chi connectivity index (χ2v) is 5.23. The molecule has 0 atom stereocenters. The monoisotopic (exact) mass is 273 g/mol. The number of hydrogen-bond acceptors (Lipinski definition) is 3. The summed E-state index contributed by atoms with van der Waals surface area (Å²) in [5, 5.41) is 2.90. The van der Waals surface area contributed by atoms with Gasteiger partial charge in [0.15, 0.2) is 0 Å². The number of amides is 1. The molecule has 0 saturated carbocycles. The van der Waals surface area contributed by atoms with Crippen LogP contribution in [0.2, 0.25) is 0 Å². The van der Waals surface area contributed by atoms with E-state index in [0.29, 0.717) is 19.4 Å². The van der Waals surface area contributed by atoms with E-state index in [9.17, 15) is 4.79 Å². The fraction of sp³-hybridized carbons (Fsp3) is 0.562. The smallest absolute Gasteiger partial charge is 0.223 e. The molecule has 0 aliphatic heterocycles. The molecule has 108 valence electrons. The number of carbonyl (C=O) groups is 1. The van der Waals surface area contributed by atoms with E-state index >= 15 is 0 Å². The first-order valence-electron chi connectivity index (χ1n) is 7.44. The quantitative estimate of drug-likeness (QED) is 0.837. The molecule has 0 spiro atoms. The summed E-state index contributed by atoms with van der Waals surface area (Å²) in [5.74, 6) is 0.910. The molecule has 0 bridgehead atoms. The maximum Gasteiger partial charge on any atom is 0.223 e. The van der Waals surface area contributed by atoms with Crippen LogP contribution in [0.25, 0.3) is 0 Å². The van der Waals surface area contributed by atoms with Gasteiger partial charge in [0, 0.05) is 30.8 Å². The molecule has 20 heavy (non-hydrogen) atoms. The second-order valence-electron chi connectivity index (χ2n) is 5.23. The SMILES string of the molecule is C/C=C/CC(=O)NCCc1nc(C)c2c(n1)CCCC2. The zero-order valence-electron chi connectivity index (χ0n) is 12.4. The summed E-state index contributed by atoms with van der Waals surface area (Å²) in [6.45, 7) is 4.59. The van der Waals surface area contributed by atoms with Crippen LogP contribution in [-0.4, -0.2) is 22.4 Å². The Morgan fingerprint density at radius 2 is 2.10 bits per heavy atom. The molecule has 0 fully saturated rings. The van der Waals surface area contributed by atoms with Crippen LogP contribution >= 0.6 is 0 Å². The van der Waals surface area contributed by atoms with Crippen molar-refractivity contribution in [3.8, 4) is 0 Å². The van der Waals surface area contributed by atoms with Crippen LogP contribution < -0.4 is 5.32 Å². The Kier molecular flexibility index (Phi) is 5.27. The summed E-state index contributed by atoms with van der Waals surface area (Å²) in [6, 6.07) is 0. The molecular formula is C16H23N3O. The second kappa shape index (κ2) is 7.17. The van der Waals surface area contributed by atoms with E-state index in [0.717, 1.165) is 24.4 Å². The fourth-order valence-electron chi connectivity index (χ4n) is 2.57. The summed E-state index contributed by atoms with van der Waals surface area (Å²) in [6.07, 6.45) is 9.54. The average molecular weight is 273 g/mol. The van der Waals surface area contributed by atoms with Crippen LogP contribution in [0.15, 0.2) is 12.2 Å². The first kappa shape index (κ1) is 14.7. The Hall–Kier alpha value is -1.71. The van der Waals surface area contributed by atoms with Crippen molar-refractivity contribution in [3.63, 3.8) is 0 Å². The van der Waals surface area contributed by atoms with Crippen molar-refractivity contribution in [1.29, 1.82) is 0 Å². The van der Waals surface area contributed by atoms with Crippen LogP contribution in [0.5, 0.6) is 0 Å². The van der Waals surface area contributed by atoms with Gasteiger partial charge in [0.25, 0.3) is 0 Å².